The van der Waals surface area contributed by atoms with Crippen molar-refractivity contribution in [3.05, 3.63) is 27.4 Å². The quantitative estimate of drug-likeness (QED) is 0.833. The van der Waals surface area contributed by atoms with E-state index in [1.807, 2.05) is 0 Å². The first-order chi connectivity index (χ1) is 9.90. The zero-order chi connectivity index (χ0) is 15.6. The number of carboxylic acids is 1. The number of hydrogen-bond donors (Lipinski definition) is 2. The Hall–Kier alpha value is -1.14. The number of benzene rings is 1. The summed E-state index contributed by atoms with van der Waals surface area (Å²) in [6, 6.07) is 2.29. The molecule has 1 aromatic carbocycles. The predicted molar refractivity (Wildman–Crippen MR) is 80.8 cm³/mol. The van der Waals surface area contributed by atoms with Crippen molar-refractivity contribution in [3.63, 3.8) is 0 Å². The van der Waals surface area contributed by atoms with Gasteiger partial charge in [-0.25, -0.2) is 4.39 Å². The highest BCUT2D eigenvalue weighted by molar-refractivity contribution is 9.10. The summed E-state index contributed by atoms with van der Waals surface area (Å²) in [4.78, 5) is 23.6. The molecule has 4 nitrogen and oxygen atoms in total. The summed E-state index contributed by atoms with van der Waals surface area (Å²) in [6.45, 7) is 0. The van der Waals surface area contributed by atoms with Crippen LogP contribution in [0.4, 0.5) is 10.1 Å². The number of carbonyl (C=O) groups excluding carboxylic acids is 1. The van der Waals surface area contributed by atoms with Gasteiger partial charge in [-0.05, 0) is 40.9 Å². The standard InChI is InChI=1S/C14H14BrClFNO3/c15-10-5-7(17)6-11(16)12(10)18-13(19)8-3-1-2-4-9(8)14(20)21/h5-6,8-9H,1-4H2,(H,18,19)(H,20,21). The number of nitrogens with one attached hydrogen (secondary N) is 1. The number of halogens is 3. The average molecular weight is 379 g/mol. The van der Waals surface area contributed by atoms with Gasteiger partial charge in [-0.2, -0.15) is 0 Å². The van der Waals surface area contributed by atoms with Gasteiger partial charge in [-0.1, -0.05) is 24.4 Å². The minimum Gasteiger partial charge on any atom is -0.481 e. The van der Waals surface area contributed by atoms with Crippen LogP contribution in [-0.2, 0) is 9.59 Å². The molecule has 2 rings (SSSR count). The molecular weight excluding hydrogens is 365 g/mol. The third-order valence-electron chi connectivity index (χ3n) is 3.68. The first kappa shape index (κ1) is 16.2. The minimum atomic E-state index is -0.959. The van der Waals surface area contributed by atoms with Gasteiger partial charge in [0, 0.05) is 4.47 Å². The molecule has 7 heteroatoms. The molecule has 2 atom stereocenters. The lowest BCUT2D eigenvalue weighted by Crippen LogP contribution is -2.36. The van der Waals surface area contributed by atoms with Gasteiger partial charge in [0.15, 0.2) is 0 Å². The number of rotatable bonds is 3. The number of anilines is 1. The van der Waals surface area contributed by atoms with E-state index < -0.39 is 29.5 Å². The second-order valence-electron chi connectivity index (χ2n) is 5.07. The lowest BCUT2D eigenvalue weighted by atomic mass is 9.78. The van der Waals surface area contributed by atoms with Crippen LogP contribution in [0.2, 0.25) is 5.02 Å². The van der Waals surface area contributed by atoms with Crippen LogP contribution >= 0.6 is 27.5 Å². The van der Waals surface area contributed by atoms with Gasteiger partial charge in [-0.15, -0.1) is 0 Å². The third kappa shape index (κ3) is 3.74. The second kappa shape index (κ2) is 6.75. The van der Waals surface area contributed by atoms with E-state index >= 15 is 0 Å². The SMILES string of the molecule is O=C(O)C1CCCCC1C(=O)Nc1c(Cl)cc(F)cc1Br. The fourth-order valence-corrected chi connectivity index (χ4v) is 3.52. The first-order valence-corrected chi connectivity index (χ1v) is 7.75. The molecule has 0 heterocycles. The van der Waals surface area contributed by atoms with E-state index in [-0.39, 0.29) is 10.7 Å². The highest BCUT2D eigenvalue weighted by Gasteiger charge is 2.36. The van der Waals surface area contributed by atoms with Crippen LogP contribution in [0, 0.1) is 17.7 Å². The fourth-order valence-electron chi connectivity index (χ4n) is 2.62. The summed E-state index contributed by atoms with van der Waals surface area (Å²) in [5, 5.41) is 11.9. The molecule has 114 valence electrons. The molecule has 0 saturated heterocycles. The number of amides is 1. The van der Waals surface area contributed by atoms with Gasteiger partial charge in [-0.3, -0.25) is 9.59 Å². The van der Waals surface area contributed by atoms with E-state index in [0.29, 0.717) is 17.3 Å². The Morgan fingerprint density at radius 1 is 1.29 bits per heavy atom. The van der Waals surface area contributed by atoms with Crippen LogP contribution in [0.3, 0.4) is 0 Å². The Kier molecular flexibility index (Phi) is 5.22. The Bertz CT molecular complexity index is 558. The van der Waals surface area contributed by atoms with Crippen molar-refractivity contribution in [2.24, 2.45) is 11.8 Å². The first-order valence-electron chi connectivity index (χ1n) is 6.58. The number of carboxylic acid groups (broad SMARTS) is 1. The molecule has 2 unspecified atom stereocenters. The molecule has 2 N–H and O–H groups in total. The van der Waals surface area contributed by atoms with Gasteiger partial charge in [0.25, 0.3) is 0 Å². The summed E-state index contributed by atoms with van der Waals surface area (Å²) in [6.07, 6.45) is 2.65. The topological polar surface area (TPSA) is 66.4 Å². The number of carbonyl (C=O) groups is 2. The third-order valence-corrected chi connectivity index (χ3v) is 4.60. The van der Waals surface area contributed by atoms with E-state index in [1.165, 1.54) is 6.07 Å². The maximum atomic E-state index is 13.2. The second-order valence-corrected chi connectivity index (χ2v) is 6.33. The van der Waals surface area contributed by atoms with Gasteiger partial charge < -0.3 is 10.4 Å². The zero-order valence-electron chi connectivity index (χ0n) is 11.0. The van der Waals surface area contributed by atoms with Crippen LogP contribution in [0.1, 0.15) is 25.7 Å². The van der Waals surface area contributed by atoms with E-state index in [9.17, 15) is 19.1 Å². The summed E-state index contributed by atoms with van der Waals surface area (Å²) in [7, 11) is 0. The van der Waals surface area contributed by atoms with Crippen molar-refractivity contribution in [1.82, 2.24) is 0 Å². The number of hydrogen-bond acceptors (Lipinski definition) is 2. The summed E-state index contributed by atoms with van der Waals surface area (Å²) >= 11 is 9.05. The van der Waals surface area contributed by atoms with Gasteiger partial charge in [0.1, 0.15) is 5.82 Å². The van der Waals surface area contributed by atoms with Gasteiger partial charge in [0.2, 0.25) is 5.91 Å². The maximum Gasteiger partial charge on any atom is 0.307 e. The van der Waals surface area contributed by atoms with Gasteiger partial charge in [0.05, 0.1) is 22.5 Å². The molecule has 0 aromatic heterocycles. The zero-order valence-corrected chi connectivity index (χ0v) is 13.4. The van der Waals surface area contributed by atoms with Crippen LogP contribution in [0.25, 0.3) is 0 Å². The molecule has 0 radical (unpaired) electrons. The lowest BCUT2D eigenvalue weighted by molar-refractivity contribution is -0.147. The van der Waals surface area contributed by atoms with Crippen LogP contribution in [-0.4, -0.2) is 17.0 Å². The minimum absolute atomic E-state index is 0.0675. The smallest absolute Gasteiger partial charge is 0.307 e. The van der Waals surface area contributed by atoms with Crippen molar-refractivity contribution in [2.75, 3.05) is 5.32 Å². The highest BCUT2D eigenvalue weighted by atomic mass is 79.9. The van der Waals surface area contributed by atoms with Crippen LogP contribution < -0.4 is 5.32 Å². The van der Waals surface area contributed by atoms with Crippen molar-refractivity contribution in [2.45, 2.75) is 25.7 Å². The fraction of sp³-hybridized carbons (Fsp3) is 0.429. The molecule has 0 spiro atoms. The molecule has 1 fully saturated rings. The van der Waals surface area contributed by atoms with E-state index in [1.54, 1.807) is 0 Å². The Balaban J connectivity index is 2.19. The molecule has 0 aliphatic heterocycles. The molecule has 1 saturated carbocycles. The molecule has 1 aliphatic rings. The normalized spacial score (nSPS) is 21.9. The van der Waals surface area contributed by atoms with Crippen molar-refractivity contribution < 1.29 is 19.1 Å². The lowest BCUT2D eigenvalue weighted by Gasteiger charge is -2.27. The summed E-state index contributed by atoms with van der Waals surface area (Å²) < 4.78 is 13.5. The average Bonchev–Trinajstić information content (AvgIpc) is 2.42. The van der Waals surface area contributed by atoms with Crippen LogP contribution in [0.15, 0.2) is 16.6 Å². The van der Waals surface area contributed by atoms with E-state index in [0.717, 1.165) is 18.9 Å². The van der Waals surface area contributed by atoms with Gasteiger partial charge >= 0.3 is 5.97 Å². The Morgan fingerprint density at radius 2 is 1.90 bits per heavy atom. The van der Waals surface area contributed by atoms with Crippen molar-refractivity contribution in [3.8, 4) is 0 Å². The van der Waals surface area contributed by atoms with Crippen molar-refractivity contribution >= 4 is 45.1 Å². The molecule has 1 aliphatic carbocycles. The van der Waals surface area contributed by atoms with E-state index in [4.69, 9.17) is 11.6 Å². The molecule has 1 amide bonds. The Morgan fingerprint density at radius 3 is 2.48 bits per heavy atom. The molecule has 0 bridgehead atoms. The summed E-state index contributed by atoms with van der Waals surface area (Å²) in [5.41, 5.74) is 0.262. The number of aliphatic carboxylic acids is 1. The Labute approximate surface area is 134 Å². The predicted octanol–water partition coefficient (Wildman–Crippen LogP) is 4.07. The maximum absolute atomic E-state index is 13.2. The monoisotopic (exact) mass is 377 g/mol. The highest BCUT2D eigenvalue weighted by Crippen LogP contribution is 2.35. The largest absolute Gasteiger partial charge is 0.481 e. The molecule has 21 heavy (non-hydrogen) atoms. The summed E-state index contributed by atoms with van der Waals surface area (Å²) in [5.74, 6) is -3.15. The molecular formula is C14H14BrClFNO3. The van der Waals surface area contributed by atoms with Crippen molar-refractivity contribution in [1.29, 1.82) is 0 Å². The van der Waals surface area contributed by atoms with Crippen LogP contribution in [0.5, 0.6) is 0 Å². The van der Waals surface area contributed by atoms with E-state index in [2.05, 4.69) is 21.2 Å². The molecule has 1 aromatic rings.